The summed E-state index contributed by atoms with van der Waals surface area (Å²) in [4.78, 5) is 38.4. The molecule has 0 saturated carbocycles. The van der Waals surface area contributed by atoms with E-state index >= 15 is 0 Å². The minimum Gasteiger partial charge on any atom is -0.543 e. The van der Waals surface area contributed by atoms with Gasteiger partial charge >= 0.3 is 6.03 Å². The standard InChI is InChI=1S/C23H34N4O5S/c1-12-6-4-8-27(12,23(24)32)9-5-7-15-10-16(11-25-15)33-20-13(2)18-17(14(3)28)21(29)26(18)19(20)22(30)31/h5,7,12-18,25,28H,4,6,8-11H2,1-3H3,(H2-,24,30,31,32)/b7-5+/t12?,13-,14-,15-,16+,17-,18-,27?/m1/s1. The molecule has 0 bridgehead atoms. The van der Waals surface area contributed by atoms with Gasteiger partial charge in [0.2, 0.25) is 5.91 Å². The summed E-state index contributed by atoms with van der Waals surface area (Å²) >= 11 is 1.50. The van der Waals surface area contributed by atoms with E-state index in [9.17, 15) is 24.6 Å². The zero-order valence-electron chi connectivity index (χ0n) is 19.4. The largest absolute Gasteiger partial charge is 0.543 e. The lowest BCUT2D eigenvalue weighted by Gasteiger charge is -2.47. The summed E-state index contributed by atoms with van der Waals surface area (Å²) in [6, 6.07) is -0.247. The number of quaternary nitrogens is 1. The highest BCUT2D eigenvalue weighted by molar-refractivity contribution is 8.03. The predicted molar refractivity (Wildman–Crippen MR) is 122 cm³/mol. The Morgan fingerprint density at radius 2 is 2.15 bits per heavy atom. The van der Waals surface area contributed by atoms with Crippen molar-refractivity contribution in [2.24, 2.45) is 17.6 Å². The van der Waals surface area contributed by atoms with Crippen LogP contribution >= 0.6 is 11.8 Å². The molecule has 3 fully saturated rings. The van der Waals surface area contributed by atoms with Gasteiger partial charge in [-0.1, -0.05) is 13.0 Å². The number of aliphatic carboxylic acids is 1. The summed E-state index contributed by atoms with van der Waals surface area (Å²) in [6.07, 6.45) is 6.12. The smallest absolute Gasteiger partial charge is 0.414 e. The van der Waals surface area contributed by atoms with E-state index < -0.39 is 18.0 Å². The van der Waals surface area contributed by atoms with Gasteiger partial charge in [0.1, 0.15) is 6.54 Å². The Balaban J connectivity index is 1.40. The quantitative estimate of drug-likeness (QED) is 0.264. The number of primary amides is 1. The molecule has 8 atom stereocenters. The number of hydrogen-bond acceptors (Lipinski definition) is 7. The fourth-order valence-corrected chi connectivity index (χ4v) is 7.55. The first-order valence-electron chi connectivity index (χ1n) is 11.8. The third-order valence-corrected chi connectivity index (χ3v) is 9.49. The molecule has 9 nitrogen and oxygen atoms in total. The fraction of sp³-hybridized carbons (Fsp3) is 0.696. The Morgan fingerprint density at radius 3 is 2.73 bits per heavy atom. The number of carboxylic acids is 1. The van der Waals surface area contributed by atoms with Gasteiger partial charge in [-0.05, 0) is 26.3 Å². The van der Waals surface area contributed by atoms with Crippen LogP contribution in [0.4, 0.5) is 4.79 Å². The number of nitrogens with zero attached hydrogens (tertiary/aromatic N) is 2. The maximum Gasteiger partial charge on any atom is 0.414 e. The van der Waals surface area contributed by atoms with Crippen molar-refractivity contribution < 1.29 is 29.1 Å². The number of hydrogen-bond donors (Lipinski definition) is 3. The van der Waals surface area contributed by atoms with Gasteiger partial charge < -0.3 is 31.0 Å². The van der Waals surface area contributed by atoms with E-state index in [4.69, 9.17) is 5.73 Å². The minimum absolute atomic E-state index is 0.0330. The van der Waals surface area contributed by atoms with Gasteiger partial charge in [-0.3, -0.25) is 4.79 Å². The molecular weight excluding hydrogens is 444 g/mol. The third kappa shape index (κ3) is 4.00. The monoisotopic (exact) mass is 478 g/mol. The lowest BCUT2D eigenvalue weighted by Crippen LogP contribution is -2.64. The summed E-state index contributed by atoms with van der Waals surface area (Å²) in [5.41, 5.74) is 5.69. The van der Waals surface area contributed by atoms with Crippen LogP contribution in [0.2, 0.25) is 0 Å². The zero-order valence-corrected chi connectivity index (χ0v) is 20.2. The number of aliphatic hydroxyl groups is 1. The van der Waals surface area contributed by atoms with Crippen LogP contribution in [0.25, 0.3) is 0 Å². The third-order valence-electron chi connectivity index (χ3n) is 7.98. The van der Waals surface area contributed by atoms with Crippen LogP contribution in [-0.2, 0) is 9.59 Å². The first kappa shape index (κ1) is 24.3. The maximum atomic E-state index is 12.5. The summed E-state index contributed by atoms with van der Waals surface area (Å²) in [5.74, 6) is -2.42. The van der Waals surface area contributed by atoms with Crippen molar-refractivity contribution in [1.82, 2.24) is 10.2 Å². The molecule has 182 valence electrons. The first-order chi connectivity index (χ1) is 15.6. The van der Waals surface area contributed by atoms with Crippen molar-refractivity contribution in [3.63, 3.8) is 0 Å². The number of aliphatic hydroxyl groups excluding tert-OH is 1. The molecule has 3 amide bonds. The molecule has 0 aliphatic carbocycles. The molecule has 4 heterocycles. The number of carbonyl (C=O) groups is 3. The summed E-state index contributed by atoms with van der Waals surface area (Å²) in [6.45, 7) is 7.64. The highest BCUT2D eigenvalue weighted by Crippen LogP contribution is 2.51. The Hall–Kier alpha value is -1.88. The molecule has 0 aromatic rings. The number of urea groups is 1. The number of nitrogens with two attached hydrogens (primary N) is 1. The second-order valence-electron chi connectivity index (χ2n) is 9.94. The van der Waals surface area contributed by atoms with E-state index in [1.54, 1.807) is 6.92 Å². The zero-order chi connectivity index (χ0) is 24.1. The van der Waals surface area contributed by atoms with Crippen LogP contribution in [0.1, 0.15) is 40.0 Å². The first-order valence-corrected chi connectivity index (χ1v) is 12.7. The molecular formula is C23H34N4O5S. The molecule has 0 radical (unpaired) electrons. The number of rotatable bonds is 7. The van der Waals surface area contributed by atoms with E-state index in [0.29, 0.717) is 22.5 Å². The molecule has 33 heavy (non-hydrogen) atoms. The number of thioether (sulfide) groups is 1. The molecule has 0 spiro atoms. The van der Waals surface area contributed by atoms with Crippen molar-refractivity contribution in [3.05, 3.63) is 22.8 Å². The van der Waals surface area contributed by atoms with Crippen molar-refractivity contribution in [1.29, 1.82) is 0 Å². The Bertz CT molecular complexity index is 905. The van der Waals surface area contributed by atoms with Crippen molar-refractivity contribution in [3.8, 4) is 0 Å². The van der Waals surface area contributed by atoms with Gasteiger partial charge in [0.15, 0.2) is 0 Å². The predicted octanol–water partition coefficient (Wildman–Crippen LogP) is -0.0969. The van der Waals surface area contributed by atoms with E-state index in [1.165, 1.54) is 16.7 Å². The number of fused-ring (bicyclic) bond motifs is 1. The number of carbonyl (C=O) groups excluding carboxylic acids is 3. The normalized spacial score (nSPS) is 39.3. The summed E-state index contributed by atoms with van der Waals surface area (Å²) in [7, 11) is 0. The average molecular weight is 479 g/mol. The van der Waals surface area contributed by atoms with E-state index in [0.717, 1.165) is 25.8 Å². The van der Waals surface area contributed by atoms with Crippen LogP contribution in [0.3, 0.4) is 0 Å². The van der Waals surface area contributed by atoms with Gasteiger partial charge in [0.05, 0.1) is 42.3 Å². The molecule has 2 unspecified atom stereocenters. The molecule has 4 rings (SSSR count). The van der Waals surface area contributed by atoms with Gasteiger partial charge in [0, 0.05) is 41.5 Å². The van der Waals surface area contributed by atoms with Gasteiger partial charge in [-0.15, -0.1) is 11.8 Å². The molecule has 3 saturated heterocycles. The number of carboxylic acid groups (broad SMARTS) is 1. The lowest BCUT2D eigenvalue weighted by atomic mass is 9.79. The SMILES string of the molecule is CC1CCC[N+]1(C/C=C/[C@@H]1C[C@H](SC2=C(C(=O)[O-])N3C(=O)[C@H]([C@@H](C)O)[C@H]3[C@H]2C)CN1)C(N)=O. The minimum atomic E-state index is -1.34. The van der Waals surface area contributed by atoms with Crippen LogP contribution in [0, 0.1) is 11.8 Å². The topological polar surface area (TPSA) is 136 Å². The van der Waals surface area contributed by atoms with Crippen LogP contribution in [0.5, 0.6) is 0 Å². The highest BCUT2D eigenvalue weighted by atomic mass is 32.2. The molecule has 0 aromatic carbocycles. The van der Waals surface area contributed by atoms with Crippen molar-refractivity contribution in [2.75, 3.05) is 19.6 Å². The van der Waals surface area contributed by atoms with Crippen LogP contribution < -0.4 is 16.2 Å². The number of nitrogens with one attached hydrogen (secondary N) is 1. The Morgan fingerprint density at radius 1 is 1.42 bits per heavy atom. The van der Waals surface area contributed by atoms with Crippen LogP contribution in [0.15, 0.2) is 22.8 Å². The molecule has 4 aliphatic heterocycles. The highest BCUT2D eigenvalue weighted by Gasteiger charge is 2.59. The van der Waals surface area contributed by atoms with Gasteiger partial charge in [-0.25, -0.2) is 9.28 Å². The Labute approximate surface area is 198 Å². The molecule has 10 heteroatoms. The number of β-lactam (4-membered cyclic amide) rings is 1. The van der Waals surface area contributed by atoms with Crippen molar-refractivity contribution >= 4 is 29.7 Å². The van der Waals surface area contributed by atoms with Gasteiger partial charge in [-0.2, -0.15) is 0 Å². The lowest BCUT2D eigenvalue weighted by molar-refractivity contribution is -0.853. The average Bonchev–Trinajstić information content (AvgIpc) is 3.39. The Kier molecular flexibility index (Phi) is 6.65. The fourth-order valence-electron chi connectivity index (χ4n) is 6.06. The molecule has 0 aromatic heterocycles. The molecule has 4 N–H and O–H groups in total. The van der Waals surface area contributed by atoms with Crippen molar-refractivity contribution in [2.45, 2.75) is 69.5 Å². The summed E-state index contributed by atoms with van der Waals surface area (Å²) in [5, 5.41) is 25.5. The number of likely N-dealkylation sites (tertiary alicyclic amines) is 1. The van der Waals surface area contributed by atoms with E-state index in [1.807, 2.05) is 13.0 Å². The second kappa shape index (κ2) is 9.05. The van der Waals surface area contributed by atoms with E-state index in [2.05, 4.69) is 18.3 Å². The summed E-state index contributed by atoms with van der Waals surface area (Å²) < 4.78 is 0.302. The number of amides is 3. The maximum absolute atomic E-state index is 12.5. The van der Waals surface area contributed by atoms with Crippen LogP contribution in [-0.4, -0.2) is 81.5 Å². The van der Waals surface area contributed by atoms with E-state index in [-0.39, 0.29) is 46.9 Å². The molecule has 4 aliphatic rings. The van der Waals surface area contributed by atoms with Gasteiger partial charge in [0.25, 0.3) is 0 Å². The second-order valence-corrected chi connectivity index (χ2v) is 11.3.